The fraction of sp³-hybridized carbons (Fsp3) is 0.391. The second kappa shape index (κ2) is 12.0. The monoisotopic (exact) mass is 572 g/mol. The molecule has 0 spiro atoms. The van der Waals surface area contributed by atoms with Crippen molar-refractivity contribution in [2.24, 2.45) is 0 Å². The Kier molecular flexibility index (Phi) is 9.29. The number of thiophene rings is 1. The van der Waals surface area contributed by atoms with Gasteiger partial charge in [-0.1, -0.05) is 18.0 Å². The summed E-state index contributed by atoms with van der Waals surface area (Å²) in [6.45, 7) is 1.50. The second-order valence-electron chi connectivity index (χ2n) is 7.97. The lowest BCUT2D eigenvalue weighted by atomic mass is 10.1. The highest BCUT2D eigenvalue weighted by atomic mass is 35.5. The molecule has 11 nitrogen and oxygen atoms in total. The largest absolute Gasteiger partial charge is 0.465 e. The summed E-state index contributed by atoms with van der Waals surface area (Å²) >= 11 is 6.91. The Morgan fingerprint density at radius 3 is 2.30 bits per heavy atom. The van der Waals surface area contributed by atoms with Gasteiger partial charge < -0.3 is 19.5 Å². The smallest absolute Gasteiger partial charge is 0.348 e. The third-order valence-corrected chi connectivity index (χ3v) is 9.02. The zero-order valence-electron chi connectivity index (χ0n) is 20.3. The fourth-order valence-corrected chi connectivity index (χ4v) is 6.55. The van der Waals surface area contributed by atoms with Crippen molar-refractivity contribution in [2.45, 2.75) is 31.1 Å². The van der Waals surface area contributed by atoms with Crippen molar-refractivity contribution in [3.63, 3.8) is 0 Å². The SMILES string of the molecule is COC(=O)c1sc(NC(=O)COC(=O)c2cc(S(=O)(=O)N3CCCCC3)ccc2Cl)c(C(=O)OC)c1C. The molecule has 1 fully saturated rings. The van der Waals surface area contributed by atoms with E-state index >= 15 is 0 Å². The number of hydrogen-bond donors (Lipinski definition) is 1. The molecule has 37 heavy (non-hydrogen) atoms. The summed E-state index contributed by atoms with van der Waals surface area (Å²) < 4.78 is 41.7. The van der Waals surface area contributed by atoms with Crippen molar-refractivity contribution < 1.29 is 41.8 Å². The molecule has 0 unspecified atom stereocenters. The van der Waals surface area contributed by atoms with Crippen LogP contribution in [0, 0.1) is 6.92 Å². The van der Waals surface area contributed by atoms with E-state index in [1.54, 1.807) is 0 Å². The number of benzene rings is 1. The highest BCUT2D eigenvalue weighted by Gasteiger charge is 2.29. The molecule has 1 aliphatic heterocycles. The van der Waals surface area contributed by atoms with Crippen LogP contribution in [0.15, 0.2) is 23.1 Å². The second-order valence-corrected chi connectivity index (χ2v) is 11.3. The Morgan fingerprint density at radius 1 is 1.03 bits per heavy atom. The van der Waals surface area contributed by atoms with Crippen molar-refractivity contribution in [2.75, 3.05) is 39.2 Å². The molecule has 1 aromatic carbocycles. The Bertz CT molecular complexity index is 1330. The number of rotatable bonds is 8. The fourth-order valence-electron chi connectivity index (χ4n) is 3.68. The topological polar surface area (TPSA) is 145 Å². The number of nitrogens with zero attached hydrogens (tertiary/aromatic N) is 1. The average Bonchev–Trinajstić information content (AvgIpc) is 3.22. The van der Waals surface area contributed by atoms with Crippen LogP contribution >= 0.6 is 22.9 Å². The Hall–Kier alpha value is -3.00. The van der Waals surface area contributed by atoms with E-state index in [2.05, 4.69) is 5.32 Å². The molecule has 1 amide bonds. The van der Waals surface area contributed by atoms with Gasteiger partial charge in [-0.3, -0.25) is 4.79 Å². The van der Waals surface area contributed by atoms with Gasteiger partial charge in [0.25, 0.3) is 5.91 Å². The van der Waals surface area contributed by atoms with Crippen LogP contribution in [0.2, 0.25) is 5.02 Å². The van der Waals surface area contributed by atoms with Gasteiger partial charge in [0.15, 0.2) is 6.61 Å². The molecule has 1 aromatic heterocycles. The first-order chi connectivity index (χ1) is 17.5. The van der Waals surface area contributed by atoms with E-state index in [4.69, 9.17) is 25.8 Å². The minimum Gasteiger partial charge on any atom is -0.465 e. The summed E-state index contributed by atoms with van der Waals surface area (Å²) in [6.07, 6.45) is 2.45. The predicted molar refractivity (Wildman–Crippen MR) is 135 cm³/mol. The summed E-state index contributed by atoms with van der Waals surface area (Å²) in [7, 11) is -1.50. The standard InChI is InChI=1S/C23H25ClN2O9S2/c1-13-18(22(29)33-2)20(36-19(13)23(30)34-3)25-17(27)12-35-21(28)15-11-14(7-8-16(15)24)37(31,32)26-9-5-4-6-10-26/h7-8,11H,4-6,9-10,12H2,1-3H3,(H,25,27). The molecule has 0 atom stereocenters. The van der Waals surface area contributed by atoms with E-state index in [1.807, 2.05) is 0 Å². The van der Waals surface area contributed by atoms with Crippen LogP contribution in [0.4, 0.5) is 5.00 Å². The molecule has 0 radical (unpaired) electrons. The van der Waals surface area contributed by atoms with Crippen LogP contribution in [-0.4, -0.2) is 70.5 Å². The lowest BCUT2D eigenvalue weighted by Crippen LogP contribution is -2.35. The number of ether oxygens (including phenoxy) is 3. The van der Waals surface area contributed by atoms with Crippen LogP contribution in [-0.2, 0) is 29.0 Å². The third kappa shape index (κ3) is 6.29. The molecule has 14 heteroatoms. The Morgan fingerprint density at radius 2 is 1.68 bits per heavy atom. The van der Waals surface area contributed by atoms with E-state index in [0.717, 1.165) is 43.8 Å². The number of piperidine rings is 1. The molecule has 0 bridgehead atoms. The first-order valence-electron chi connectivity index (χ1n) is 11.1. The number of nitrogens with one attached hydrogen (secondary N) is 1. The lowest BCUT2D eigenvalue weighted by molar-refractivity contribution is -0.119. The van der Waals surface area contributed by atoms with Crippen molar-refractivity contribution in [3.05, 3.63) is 44.8 Å². The van der Waals surface area contributed by atoms with Crippen molar-refractivity contribution >= 4 is 61.8 Å². The van der Waals surface area contributed by atoms with Gasteiger partial charge in [-0.2, -0.15) is 4.31 Å². The number of anilines is 1. The van der Waals surface area contributed by atoms with E-state index in [9.17, 15) is 27.6 Å². The summed E-state index contributed by atoms with van der Waals surface area (Å²) in [5.41, 5.74) is 0.00324. The van der Waals surface area contributed by atoms with E-state index < -0.39 is 40.4 Å². The molecule has 2 heterocycles. The number of amides is 1. The minimum atomic E-state index is -3.83. The first-order valence-corrected chi connectivity index (χ1v) is 13.7. The third-order valence-electron chi connectivity index (χ3n) is 5.60. The minimum absolute atomic E-state index is 0.0125. The highest BCUT2D eigenvalue weighted by molar-refractivity contribution is 7.89. The molecule has 0 saturated carbocycles. The number of methoxy groups -OCH3 is 2. The van der Waals surface area contributed by atoms with Gasteiger partial charge in [0.1, 0.15) is 9.88 Å². The Labute approximate surface area is 222 Å². The quantitative estimate of drug-likeness (QED) is 0.372. The van der Waals surface area contributed by atoms with Gasteiger partial charge in [0, 0.05) is 13.1 Å². The maximum Gasteiger partial charge on any atom is 0.348 e. The van der Waals surface area contributed by atoms with Crippen LogP contribution in [0.5, 0.6) is 0 Å². The van der Waals surface area contributed by atoms with Crippen LogP contribution < -0.4 is 5.32 Å². The zero-order chi connectivity index (χ0) is 27.3. The normalized spacial score (nSPS) is 14.1. The van der Waals surface area contributed by atoms with E-state index in [1.165, 1.54) is 30.5 Å². The molecular weight excluding hydrogens is 548 g/mol. The number of carbonyl (C=O) groups is 4. The number of esters is 3. The number of halogens is 1. The molecule has 3 rings (SSSR count). The van der Waals surface area contributed by atoms with Crippen molar-refractivity contribution in [1.29, 1.82) is 0 Å². The van der Waals surface area contributed by atoms with Crippen molar-refractivity contribution in [1.82, 2.24) is 4.31 Å². The van der Waals surface area contributed by atoms with Gasteiger partial charge in [-0.05, 0) is 43.5 Å². The van der Waals surface area contributed by atoms with Crippen molar-refractivity contribution in [3.8, 4) is 0 Å². The average molecular weight is 573 g/mol. The van der Waals surface area contributed by atoms with Gasteiger partial charge in [0.2, 0.25) is 10.0 Å². The molecule has 1 N–H and O–H groups in total. The lowest BCUT2D eigenvalue weighted by Gasteiger charge is -2.26. The molecule has 2 aromatic rings. The van der Waals surface area contributed by atoms with Gasteiger partial charge in [0.05, 0.1) is 35.3 Å². The maximum atomic E-state index is 13.0. The summed E-state index contributed by atoms with van der Waals surface area (Å²) in [5.74, 6) is -3.31. The van der Waals surface area contributed by atoms with E-state index in [-0.39, 0.29) is 36.5 Å². The van der Waals surface area contributed by atoms with Crippen LogP contribution in [0.25, 0.3) is 0 Å². The van der Waals surface area contributed by atoms with Gasteiger partial charge in [-0.15, -0.1) is 11.3 Å². The predicted octanol–water partition coefficient (Wildman–Crippen LogP) is 3.25. The maximum absolute atomic E-state index is 13.0. The number of sulfonamides is 1. The number of hydrogen-bond acceptors (Lipinski definition) is 10. The summed E-state index contributed by atoms with van der Waals surface area (Å²) in [5, 5.41) is 2.39. The zero-order valence-corrected chi connectivity index (χ0v) is 22.7. The van der Waals surface area contributed by atoms with Crippen LogP contribution in [0.3, 0.4) is 0 Å². The molecule has 0 aliphatic carbocycles. The molecule has 1 saturated heterocycles. The van der Waals surface area contributed by atoms with Gasteiger partial charge in [-0.25, -0.2) is 22.8 Å². The molecule has 200 valence electrons. The van der Waals surface area contributed by atoms with E-state index in [0.29, 0.717) is 13.1 Å². The van der Waals surface area contributed by atoms with Gasteiger partial charge >= 0.3 is 17.9 Å². The van der Waals surface area contributed by atoms with Crippen LogP contribution in [0.1, 0.15) is 55.2 Å². The first kappa shape index (κ1) is 28.6. The number of carbonyl (C=O) groups excluding carboxylic acids is 4. The summed E-state index contributed by atoms with van der Waals surface area (Å²) in [4.78, 5) is 49.3. The molecular formula is C23H25ClN2O9S2. The summed E-state index contributed by atoms with van der Waals surface area (Å²) in [6, 6.07) is 3.70. The molecule has 1 aliphatic rings. The highest BCUT2D eigenvalue weighted by Crippen LogP contribution is 2.34. The Balaban J connectivity index is 1.74.